The van der Waals surface area contributed by atoms with Crippen LogP contribution in [-0.2, 0) is 18.1 Å². The molecule has 0 rings (SSSR count). The Morgan fingerprint density at radius 1 is 1.19 bits per heavy atom. The summed E-state index contributed by atoms with van der Waals surface area (Å²) in [5.74, 6) is 1.08. The molecule has 0 aliphatic rings. The number of phosphoric acid groups is 1. The Balaban J connectivity index is 3.36. The van der Waals surface area contributed by atoms with Gasteiger partial charge in [-0.15, -0.1) is 0 Å². The van der Waals surface area contributed by atoms with Gasteiger partial charge >= 0.3 is 7.82 Å². The van der Waals surface area contributed by atoms with Crippen LogP contribution in [0.15, 0.2) is 0 Å². The van der Waals surface area contributed by atoms with E-state index in [1.54, 1.807) is 0 Å². The highest BCUT2D eigenvalue weighted by molar-refractivity contribution is 8.76. The predicted octanol–water partition coefficient (Wildman–Crippen LogP) is 3.97. The Morgan fingerprint density at radius 3 is 2.31 bits per heavy atom. The van der Waals surface area contributed by atoms with Crippen LogP contribution in [-0.4, -0.2) is 31.8 Å². The van der Waals surface area contributed by atoms with Gasteiger partial charge < -0.3 is 0 Å². The van der Waals surface area contributed by atoms with Crippen molar-refractivity contribution in [3.05, 3.63) is 0 Å². The van der Waals surface area contributed by atoms with Crippen molar-refractivity contribution in [2.75, 3.05) is 26.6 Å². The average Bonchev–Trinajstić information content (AvgIpc) is 2.27. The van der Waals surface area contributed by atoms with E-state index in [1.165, 1.54) is 14.2 Å². The van der Waals surface area contributed by atoms with Crippen molar-refractivity contribution >= 4 is 29.4 Å². The number of phosphoric ester groups is 1. The maximum absolute atomic E-state index is 11.5. The molecule has 7 heteroatoms. The van der Waals surface area contributed by atoms with Crippen LogP contribution in [0.1, 0.15) is 26.7 Å². The zero-order valence-electron chi connectivity index (χ0n) is 10.3. The lowest BCUT2D eigenvalue weighted by atomic mass is 10.4. The molecule has 0 aromatic rings. The number of hydrogen-bond acceptors (Lipinski definition) is 6. The van der Waals surface area contributed by atoms with E-state index in [4.69, 9.17) is 4.52 Å². The molecule has 0 aromatic carbocycles. The number of rotatable bonds is 10. The van der Waals surface area contributed by atoms with E-state index in [1.807, 2.05) is 21.6 Å². The van der Waals surface area contributed by atoms with Crippen molar-refractivity contribution in [1.82, 2.24) is 0 Å². The van der Waals surface area contributed by atoms with Crippen molar-refractivity contribution in [2.45, 2.75) is 31.9 Å². The molecule has 0 amide bonds. The number of unbranched alkanes of at least 4 members (excludes halogenated alkanes) is 1. The predicted molar refractivity (Wildman–Crippen MR) is 72.0 cm³/mol. The summed E-state index contributed by atoms with van der Waals surface area (Å²) in [7, 11) is 3.11. The Hall–Kier alpha value is 0.810. The first-order valence-corrected chi connectivity index (χ1v) is 9.02. The lowest BCUT2D eigenvalue weighted by molar-refractivity contribution is 0.150. The Bertz CT molecular complexity index is 206. The molecule has 0 bridgehead atoms. The van der Waals surface area contributed by atoms with E-state index in [0.29, 0.717) is 11.9 Å². The smallest absolute Gasteiger partial charge is 0.290 e. The van der Waals surface area contributed by atoms with Gasteiger partial charge in [0.05, 0.1) is 6.61 Å². The molecule has 0 spiro atoms. The molecule has 4 nitrogen and oxygen atoms in total. The molecule has 0 heterocycles. The normalized spacial score (nSPS) is 12.3. The molecular weight excluding hydrogens is 267 g/mol. The first-order valence-electron chi connectivity index (χ1n) is 5.18. The van der Waals surface area contributed by atoms with Gasteiger partial charge in [-0.2, -0.15) is 0 Å². The maximum Gasteiger partial charge on any atom is 0.474 e. The molecule has 0 aliphatic carbocycles. The Labute approximate surface area is 106 Å². The highest BCUT2D eigenvalue weighted by Gasteiger charge is 2.21. The van der Waals surface area contributed by atoms with Crippen molar-refractivity contribution in [1.29, 1.82) is 0 Å². The minimum Gasteiger partial charge on any atom is -0.290 e. The molecule has 0 saturated heterocycles. The van der Waals surface area contributed by atoms with E-state index in [2.05, 4.69) is 22.9 Å². The van der Waals surface area contributed by atoms with Crippen molar-refractivity contribution in [2.24, 2.45) is 0 Å². The molecule has 16 heavy (non-hydrogen) atoms. The van der Waals surface area contributed by atoms with E-state index >= 15 is 0 Å². The lowest BCUT2D eigenvalue weighted by Gasteiger charge is -2.12. The summed E-state index contributed by atoms with van der Waals surface area (Å²) in [4.78, 5) is 0. The van der Waals surface area contributed by atoms with Crippen LogP contribution in [0.5, 0.6) is 0 Å². The minimum absolute atomic E-state index is 0.409. The van der Waals surface area contributed by atoms with E-state index in [9.17, 15) is 4.57 Å². The fourth-order valence-electron chi connectivity index (χ4n) is 0.804. The van der Waals surface area contributed by atoms with Crippen LogP contribution in [0.4, 0.5) is 0 Å². The van der Waals surface area contributed by atoms with Gasteiger partial charge in [-0.1, -0.05) is 35.4 Å². The third-order valence-electron chi connectivity index (χ3n) is 1.58. The molecule has 0 N–H and O–H groups in total. The lowest BCUT2D eigenvalue weighted by Crippen LogP contribution is -1.97. The summed E-state index contributed by atoms with van der Waals surface area (Å²) in [5, 5.41) is 0.656. The summed E-state index contributed by atoms with van der Waals surface area (Å²) in [6.07, 6.45) is 1.90. The summed E-state index contributed by atoms with van der Waals surface area (Å²) in [6, 6.07) is 0. The van der Waals surface area contributed by atoms with Gasteiger partial charge in [0.1, 0.15) is 0 Å². The molecule has 0 atom stereocenters. The molecule has 0 radical (unpaired) electrons. The van der Waals surface area contributed by atoms with Crippen LogP contribution in [0.2, 0.25) is 0 Å². The minimum atomic E-state index is -3.26. The van der Waals surface area contributed by atoms with Gasteiger partial charge in [-0.25, -0.2) is 4.57 Å². The fourth-order valence-corrected chi connectivity index (χ4v) is 3.67. The topological polar surface area (TPSA) is 44.8 Å². The first-order chi connectivity index (χ1) is 7.54. The Kier molecular flexibility index (Phi) is 10.3. The van der Waals surface area contributed by atoms with Gasteiger partial charge in [0.15, 0.2) is 0 Å². The number of hydrogen-bond donors (Lipinski definition) is 0. The largest absolute Gasteiger partial charge is 0.474 e. The second-order valence-corrected chi connectivity index (χ2v) is 8.27. The average molecular weight is 288 g/mol. The molecule has 0 unspecified atom stereocenters. The van der Waals surface area contributed by atoms with Crippen LogP contribution < -0.4 is 0 Å². The maximum atomic E-state index is 11.5. The van der Waals surface area contributed by atoms with Crippen molar-refractivity contribution in [3.63, 3.8) is 0 Å². The zero-order valence-corrected chi connectivity index (χ0v) is 12.8. The molecule has 0 aliphatic heterocycles. The highest BCUT2D eigenvalue weighted by atomic mass is 33.1. The zero-order chi connectivity index (χ0) is 12.4. The monoisotopic (exact) mass is 288 g/mol. The standard InChI is InChI=1S/C9H21O4PS2/c1-9(2)16-15-8-6-5-7-13-14(10,11-3)12-4/h9H,5-8H2,1-4H3. The SMILES string of the molecule is COP(=O)(OC)OCCCCSSC(C)C. The third kappa shape index (κ3) is 8.90. The quantitative estimate of drug-likeness (QED) is 0.344. The van der Waals surface area contributed by atoms with E-state index in [0.717, 1.165) is 18.6 Å². The summed E-state index contributed by atoms with van der Waals surface area (Å²) < 4.78 is 25.8. The van der Waals surface area contributed by atoms with Crippen LogP contribution in [0.3, 0.4) is 0 Å². The van der Waals surface area contributed by atoms with Crippen LogP contribution in [0, 0.1) is 0 Å². The van der Waals surface area contributed by atoms with Gasteiger partial charge in [-0.05, 0) is 12.8 Å². The first kappa shape index (κ1) is 16.8. The molecule has 0 aromatic heterocycles. The molecule has 0 saturated carbocycles. The van der Waals surface area contributed by atoms with E-state index < -0.39 is 7.82 Å². The van der Waals surface area contributed by atoms with Crippen LogP contribution in [0.25, 0.3) is 0 Å². The molecular formula is C9H21O4PS2. The van der Waals surface area contributed by atoms with Crippen molar-refractivity contribution in [3.8, 4) is 0 Å². The summed E-state index contributed by atoms with van der Waals surface area (Å²) >= 11 is 0. The van der Waals surface area contributed by atoms with Gasteiger partial charge in [0.25, 0.3) is 0 Å². The van der Waals surface area contributed by atoms with Gasteiger partial charge in [0.2, 0.25) is 0 Å². The second kappa shape index (κ2) is 9.80. The van der Waals surface area contributed by atoms with Gasteiger partial charge in [-0.3, -0.25) is 13.6 Å². The second-order valence-electron chi connectivity index (χ2n) is 3.32. The Morgan fingerprint density at radius 2 is 1.81 bits per heavy atom. The summed E-state index contributed by atoms with van der Waals surface area (Å²) in [6.45, 7) is 4.76. The van der Waals surface area contributed by atoms with Crippen LogP contribution >= 0.6 is 29.4 Å². The molecule has 98 valence electrons. The van der Waals surface area contributed by atoms with Crippen molar-refractivity contribution < 1.29 is 18.1 Å². The highest BCUT2D eigenvalue weighted by Crippen LogP contribution is 2.47. The van der Waals surface area contributed by atoms with E-state index in [-0.39, 0.29) is 0 Å². The van der Waals surface area contributed by atoms with Gasteiger partial charge in [0, 0.05) is 25.2 Å². The summed E-state index contributed by atoms with van der Waals surface area (Å²) in [5.41, 5.74) is 0. The fraction of sp³-hybridized carbons (Fsp3) is 1.00. The third-order valence-corrected chi connectivity index (χ3v) is 6.01. The molecule has 0 fully saturated rings.